The molecule has 1 fully saturated rings. The number of furan rings is 1. The van der Waals surface area contributed by atoms with Crippen molar-refractivity contribution in [2.45, 2.75) is 39.2 Å². The first-order valence-electron chi connectivity index (χ1n) is 6.07. The summed E-state index contributed by atoms with van der Waals surface area (Å²) in [7, 11) is 0. The van der Waals surface area contributed by atoms with Crippen molar-refractivity contribution in [1.29, 1.82) is 0 Å². The lowest BCUT2D eigenvalue weighted by Crippen LogP contribution is -2.43. The third-order valence-corrected chi connectivity index (χ3v) is 3.30. The van der Waals surface area contributed by atoms with Crippen LogP contribution in [0.1, 0.15) is 41.4 Å². The number of hydrogen-bond donors (Lipinski definition) is 2. The average Bonchev–Trinajstić information content (AvgIpc) is 2.56. The van der Waals surface area contributed by atoms with Gasteiger partial charge in [-0.25, -0.2) is 0 Å². The first-order chi connectivity index (χ1) is 8.47. The molecule has 0 spiro atoms. The summed E-state index contributed by atoms with van der Waals surface area (Å²) in [4.78, 5) is 22.8. The number of aryl methyl sites for hydroxylation is 1. The Bertz CT molecular complexity index is 471. The molecule has 1 aromatic heterocycles. The minimum Gasteiger partial charge on any atom is -0.481 e. The normalized spacial score (nSPS) is 22.3. The molecule has 0 saturated heterocycles. The van der Waals surface area contributed by atoms with Gasteiger partial charge in [0.1, 0.15) is 12.2 Å². The number of carboxylic acid groups (broad SMARTS) is 1. The van der Waals surface area contributed by atoms with Crippen LogP contribution in [0.15, 0.2) is 10.7 Å². The number of aliphatic carboxylic acids is 1. The summed E-state index contributed by atoms with van der Waals surface area (Å²) >= 11 is 0. The molecule has 0 unspecified atom stereocenters. The highest BCUT2D eigenvalue weighted by Crippen LogP contribution is 2.27. The van der Waals surface area contributed by atoms with Gasteiger partial charge in [-0.1, -0.05) is 6.92 Å². The van der Waals surface area contributed by atoms with E-state index in [-0.39, 0.29) is 24.1 Å². The zero-order chi connectivity index (χ0) is 13.3. The van der Waals surface area contributed by atoms with Crippen molar-refractivity contribution in [3.8, 4) is 0 Å². The van der Waals surface area contributed by atoms with Gasteiger partial charge < -0.3 is 14.8 Å². The van der Waals surface area contributed by atoms with Crippen LogP contribution in [0, 0.1) is 12.8 Å². The molecule has 1 amide bonds. The Morgan fingerprint density at radius 2 is 2.17 bits per heavy atom. The highest BCUT2D eigenvalue weighted by molar-refractivity contribution is 5.97. The summed E-state index contributed by atoms with van der Waals surface area (Å²) in [6.45, 7) is 3.88. The van der Waals surface area contributed by atoms with E-state index in [0.29, 0.717) is 17.0 Å². The minimum absolute atomic E-state index is 0.208. The fraction of sp³-hybridized carbons (Fsp3) is 0.538. The zero-order valence-electron chi connectivity index (χ0n) is 10.5. The summed E-state index contributed by atoms with van der Waals surface area (Å²) in [6, 6.07) is 0.208. The van der Waals surface area contributed by atoms with Crippen LogP contribution in [0.4, 0.5) is 0 Å². The number of carbonyl (C=O) groups excluding carboxylic acids is 1. The maximum Gasteiger partial charge on any atom is 0.311 e. The van der Waals surface area contributed by atoms with Gasteiger partial charge in [0.05, 0.1) is 11.8 Å². The van der Waals surface area contributed by atoms with Crippen molar-refractivity contribution in [2.24, 2.45) is 5.92 Å². The molecule has 1 aliphatic carbocycles. The summed E-state index contributed by atoms with van der Waals surface area (Å²) in [5, 5.41) is 11.7. The molecule has 5 nitrogen and oxygen atoms in total. The molecule has 98 valence electrons. The second-order valence-corrected chi connectivity index (χ2v) is 5.03. The molecule has 0 radical (unpaired) electrons. The van der Waals surface area contributed by atoms with E-state index < -0.39 is 5.97 Å². The van der Waals surface area contributed by atoms with E-state index in [1.807, 2.05) is 0 Å². The van der Waals surface area contributed by atoms with E-state index in [4.69, 9.17) is 9.52 Å². The molecule has 2 rings (SSSR count). The van der Waals surface area contributed by atoms with Crippen LogP contribution in [0.2, 0.25) is 0 Å². The summed E-state index contributed by atoms with van der Waals surface area (Å²) < 4.78 is 5.14. The minimum atomic E-state index is -1.00. The number of nitrogens with one attached hydrogen (secondary N) is 1. The number of amides is 1. The van der Waals surface area contributed by atoms with E-state index in [9.17, 15) is 9.59 Å². The van der Waals surface area contributed by atoms with Crippen molar-refractivity contribution in [1.82, 2.24) is 5.32 Å². The lowest BCUT2D eigenvalue weighted by atomic mass is 9.82. The quantitative estimate of drug-likeness (QED) is 0.854. The van der Waals surface area contributed by atoms with Crippen LogP contribution in [-0.2, 0) is 11.2 Å². The van der Waals surface area contributed by atoms with Crippen LogP contribution in [0.25, 0.3) is 0 Å². The molecule has 1 aliphatic rings. The van der Waals surface area contributed by atoms with Crippen LogP contribution < -0.4 is 5.32 Å². The van der Waals surface area contributed by atoms with Crippen LogP contribution in [0.5, 0.6) is 0 Å². The summed E-state index contributed by atoms with van der Waals surface area (Å²) in [5.41, 5.74) is 1.05. The molecular weight excluding hydrogens is 234 g/mol. The molecule has 1 saturated carbocycles. The Balaban J connectivity index is 2.08. The smallest absolute Gasteiger partial charge is 0.311 e. The van der Waals surface area contributed by atoms with Gasteiger partial charge in [0.25, 0.3) is 5.91 Å². The Hall–Kier alpha value is -1.78. The van der Waals surface area contributed by atoms with E-state index in [1.165, 1.54) is 6.26 Å². The molecule has 1 aromatic rings. The lowest BCUT2D eigenvalue weighted by molar-refractivity contribution is -0.136. The SMILES string of the molecule is Cc1coc(CC(=O)O)c1C(=O)NC1CC(C)C1. The molecule has 0 aromatic carbocycles. The van der Waals surface area contributed by atoms with Gasteiger partial charge in [0.2, 0.25) is 0 Å². The monoisotopic (exact) mass is 251 g/mol. The highest BCUT2D eigenvalue weighted by Gasteiger charge is 2.29. The second kappa shape index (κ2) is 4.84. The van der Waals surface area contributed by atoms with Gasteiger partial charge in [-0.15, -0.1) is 0 Å². The van der Waals surface area contributed by atoms with Gasteiger partial charge in [-0.05, 0) is 25.7 Å². The first-order valence-corrected chi connectivity index (χ1v) is 6.07. The van der Waals surface area contributed by atoms with Crippen LogP contribution in [-0.4, -0.2) is 23.0 Å². The molecule has 0 bridgehead atoms. The van der Waals surface area contributed by atoms with Crippen LogP contribution in [0.3, 0.4) is 0 Å². The van der Waals surface area contributed by atoms with Crippen molar-refractivity contribution >= 4 is 11.9 Å². The molecule has 0 atom stereocenters. The molecular formula is C13H17NO4. The molecule has 2 N–H and O–H groups in total. The number of carboxylic acids is 1. The average molecular weight is 251 g/mol. The summed E-state index contributed by atoms with van der Waals surface area (Å²) in [6.07, 6.45) is 3.13. The van der Waals surface area contributed by atoms with Gasteiger partial charge >= 0.3 is 5.97 Å². The van der Waals surface area contributed by atoms with Gasteiger partial charge in [-0.3, -0.25) is 9.59 Å². The number of hydrogen-bond acceptors (Lipinski definition) is 3. The maximum atomic E-state index is 12.1. The third kappa shape index (κ3) is 2.55. The summed E-state index contributed by atoms with van der Waals surface area (Å²) in [5.74, 6) is -0.353. The van der Waals surface area contributed by atoms with Crippen LogP contribution >= 0.6 is 0 Å². The van der Waals surface area contributed by atoms with E-state index >= 15 is 0 Å². The predicted octanol–water partition coefficient (Wildman–Crippen LogP) is 1.74. The van der Waals surface area contributed by atoms with Crippen molar-refractivity contribution in [3.63, 3.8) is 0 Å². The van der Waals surface area contributed by atoms with E-state index in [2.05, 4.69) is 12.2 Å². The van der Waals surface area contributed by atoms with Crippen molar-refractivity contribution in [2.75, 3.05) is 0 Å². The van der Waals surface area contributed by atoms with Crippen molar-refractivity contribution in [3.05, 3.63) is 23.2 Å². The van der Waals surface area contributed by atoms with E-state index in [1.54, 1.807) is 6.92 Å². The predicted molar refractivity (Wildman–Crippen MR) is 64.4 cm³/mol. The first kappa shape index (κ1) is 12.7. The highest BCUT2D eigenvalue weighted by atomic mass is 16.4. The topological polar surface area (TPSA) is 79.5 Å². The van der Waals surface area contributed by atoms with Gasteiger partial charge in [0, 0.05) is 11.6 Å². The molecule has 18 heavy (non-hydrogen) atoms. The van der Waals surface area contributed by atoms with Gasteiger partial charge in [-0.2, -0.15) is 0 Å². The number of carbonyl (C=O) groups is 2. The third-order valence-electron chi connectivity index (χ3n) is 3.30. The largest absolute Gasteiger partial charge is 0.481 e. The van der Waals surface area contributed by atoms with E-state index in [0.717, 1.165) is 12.8 Å². The second-order valence-electron chi connectivity index (χ2n) is 5.03. The fourth-order valence-corrected chi connectivity index (χ4v) is 2.35. The standard InChI is InChI=1S/C13H17NO4/c1-7-3-9(4-7)14-13(17)12-8(2)6-18-10(12)5-11(15)16/h6-7,9H,3-5H2,1-2H3,(H,14,17)(H,15,16). The Labute approximate surface area is 105 Å². The molecule has 1 heterocycles. The number of rotatable bonds is 4. The molecule has 5 heteroatoms. The Morgan fingerprint density at radius 3 is 2.72 bits per heavy atom. The fourth-order valence-electron chi connectivity index (χ4n) is 2.35. The molecule has 0 aliphatic heterocycles. The lowest BCUT2D eigenvalue weighted by Gasteiger charge is -2.33. The van der Waals surface area contributed by atoms with Gasteiger partial charge in [0.15, 0.2) is 0 Å². The Kier molecular flexibility index (Phi) is 3.41. The maximum absolute atomic E-state index is 12.1. The Morgan fingerprint density at radius 1 is 1.50 bits per heavy atom. The van der Waals surface area contributed by atoms with Crippen molar-refractivity contribution < 1.29 is 19.1 Å². The zero-order valence-corrected chi connectivity index (χ0v) is 10.5.